The molecule has 0 aromatic rings. The van der Waals surface area contributed by atoms with Gasteiger partial charge in [0.15, 0.2) is 0 Å². The maximum absolute atomic E-state index is 3.84. The van der Waals surface area contributed by atoms with E-state index >= 15 is 0 Å². The highest BCUT2D eigenvalue weighted by atomic mass is 14.9. The van der Waals surface area contributed by atoms with Gasteiger partial charge in [-0.3, -0.25) is 0 Å². The minimum absolute atomic E-state index is 0.687. The molecule has 0 atom stereocenters. The Balaban J connectivity index is 2.31. The van der Waals surface area contributed by atoms with E-state index in [4.69, 9.17) is 0 Å². The Labute approximate surface area is 102 Å². The van der Waals surface area contributed by atoms with Gasteiger partial charge in [0, 0.05) is 12.6 Å². The summed E-state index contributed by atoms with van der Waals surface area (Å²) in [5.41, 5.74) is 0.687. The molecule has 1 aliphatic carbocycles. The molecule has 0 radical (unpaired) electrons. The van der Waals surface area contributed by atoms with E-state index in [1.165, 1.54) is 38.6 Å². The molecule has 1 nitrogen and oxygen atoms in total. The molecule has 1 saturated carbocycles. The van der Waals surface area contributed by atoms with Crippen LogP contribution in [-0.4, -0.2) is 12.6 Å². The lowest BCUT2D eigenvalue weighted by atomic mass is 9.94. The molecule has 1 heteroatoms. The molecule has 0 bridgehead atoms. The quantitative estimate of drug-likeness (QED) is 0.652. The molecule has 0 aliphatic heterocycles. The van der Waals surface area contributed by atoms with Crippen LogP contribution in [0, 0.1) is 17.3 Å². The van der Waals surface area contributed by atoms with Crippen LogP contribution >= 0.6 is 0 Å². The third kappa shape index (κ3) is 4.86. The fourth-order valence-corrected chi connectivity index (χ4v) is 2.59. The van der Waals surface area contributed by atoms with Gasteiger partial charge in [0.2, 0.25) is 0 Å². The highest BCUT2D eigenvalue weighted by Crippen LogP contribution is 2.48. The summed E-state index contributed by atoms with van der Waals surface area (Å²) < 4.78 is 0. The first-order valence-corrected chi connectivity index (χ1v) is 7.21. The zero-order valence-corrected chi connectivity index (χ0v) is 12.0. The van der Waals surface area contributed by atoms with Gasteiger partial charge < -0.3 is 5.32 Å². The summed E-state index contributed by atoms with van der Waals surface area (Å²) in [7, 11) is 0. The van der Waals surface area contributed by atoms with E-state index in [1.807, 2.05) is 0 Å². The zero-order chi connectivity index (χ0) is 12.2. The normalized spacial score (nSPS) is 18.8. The first kappa shape index (κ1) is 14.0. The molecular formula is C15H31N. The number of hydrogen-bond donors (Lipinski definition) is 1. The Morgan fingerprint density at radius 3 is 1.81 bits per heavy atom. The number of hydrogen-bond acceptors (Lipinski definition) is 1. The van der Waals surface area contributed by atoms with Gasteiger partial charge in [0.05, 0.1) is 0 Å². The van der Waals surface area contributed by atoms with Gasteiger partial charge in [-0.15, -0.1) is 0 Å². The van der Waals surface area contributed by atoms with E-state index in [0.29, 0.717) is 5.41 Å². The van der Waals surface area contributed by atoms with Gasteiger partial charge in [0.1, 0.15) is 0 Å². The van der Waals surface area contributed by atoms with E-state index in [-0.39, 0.29) is 0 Å². The molecule has 0 saturated heterocycles. The molecule has 1 rings (SSSR count). The molecule has 0 heterocycles. The second kappa shape index (κ2) is 6.05. The lowest BCUT2D eigenvalue weighted by Crippen LogP contribution is -2.36. The van der Waals surface area contributed by atoms with E-state index in [9.17, 15) is 0 Å². The van der Waals surface area contributed by atoms with Gasteiger partial charge in [0.25, 0.3) is 0 Å². The smallest absolute Gasteiger partial charge is 0.00721 e. The fraction of sp³-hybridized carbons (Fsp3) is 1.00. The van der Waals surface area contributed by atoms with Crippen LogP contribution in [0.2, 0.25) is 0 Å². The second-order valence-corrected chi connectivity index (χ2v) is 6.69. The van der Waals surface area contributed by atoms with Gasteiger partial charge >= 0.3 is 0 Å². The minimum Gasteiger partial charge on any atom is -0.313 e. The third-order valence-electron chi connectivity index (χ3n) is 3.98. The van der Waals surface area contributed by atoms with Crippen LogP contribution in [0.15, 0.2) is 0 Å². The van der Waals surface area contributed by atoms with Crippen molar-refractivity contribution in [2.75, 3.05) is 6.54 Å². The van der Waals surface area contributed by atoms with Crippen LogP contribution in [0.3, 0.4) is 0 Å². The average Bonchev–Trinajstić information content (AvgIpc) is 2.93. The van der Waals surface area contributed by atoms with Crippen LogP contribution < -0.4 is 5.32 Å². The summed E-state index contributed by atoms with van der Waals surface area (Å²) in [5, 5.41) is 3.84. The molecule has 0 aromatic carbocycles. The van der Waals surface area contributed by atoms with Crippen molar-refractivity contribution in [2.24, 2.45) is 17.3 Å². The molecule has 1 fully saturated rings. The topological polar surface area (TPSA) is 12.0 Å². The summed E-state index contributed by atoms with van der Waals surface area (Å²) in [6.45, 7) is 12.9. The van der Waals surface area contributed by atoms with Crippen LogP contribution in [-0.2, 0) is 0 Å². The minimum atomic E-state index is 0.687. The van der Waals surface area contributed by atoms with E-state index in [1.54, 1.807) is 0 Å². The van der Waals surface area contributed by atoms with Crippen molar-refractivity contribution in [1.82, 2.24) is 5.32 Å². The second-order valence-electron chi connectivity index (χ2n) is 6.69. The van der Waals surface area contributed by atoms with Gasteiger partial charge in [-0.05, 0) is 49.4 Å². The Bertz CT molecular complexity index is 182. The van der Waals surface area contributed by atoms with Crippen molar-refractivity contribution < 1.29 is 0 Å². The zero-order valence-electron chi connectivity index (χ0n) is 12.0. The maximum Gasteiger partial charge on any atom is 0.00721 e. The van der Waals surface area contributed by atoms with Crippen LogP contribution in [0.1, 0.15) is 66.7 Å². The maximum atomic E-state index is 3.84. The lowest BCUT2D eigenvalue weighted by Gasteiger charge is -2.25. The van der Waals surface area contributed by atoms with Crippen molar-refractivity contribution in [2.45, 2.75) is 72.8 Å². The first-order chi connectivity index (χ1) is 7.47. The van der Waals surface area contributed by atoms with Crippen molar-refractivity contribution in [1.29, 1.82) is 0 Å². The molecule has 0 amide bonds. The predicted molar refractivity (Wildman–Crippen MR) is 72.7 cm³/mol. The van der Waals surface area contributed by atoms with Crippen LogP contribution in [0.5, 0.6) is 0 Å². The van der Waals surface area contributed by atoms with Crippen LogP contribution in [0.25, 0.3) is 0 Å². The van der Waals surface area contributed by atoms with E-state index < -0.39 is 0 Å². The monoisotopic (exact) mass is 225 g/mol. The summed E-state index contributed by atoms with van der Waals surface area (Å²) in [6, 6.07) is 0.740. The predicted octanol–water partition coefficient (Wildman–Crippen LogP) is 4.23. The molecule has 1 N–H and O–H groups in total. The standard InChI is InChI=1S/C15H31N/c1-6-15(7-8-15)11-16-14(9-12(2)3)10-13(4)5/h12-14,16H,6-11H2,1-5H3. The highest BCUT2D eigenvalue weighted by molar-refractivity contribution is 4.94. The summed E-state index contributed by atoms with van der Waals surface area (Å²) in [6.07, 6.45) is 6.92. The van der Waals surface area contributed by atoms with E-state index in [2.05, 4.69) is 39.9 Å². The molecule has 0 unspecified atom stereocenters. The van der Waals surface area contributed by atoms with E-state index in [0.717, 1.165) is 17.9 Å². The lowest BCUT2D eigenvalue weighted by molar-refractivity contribution is 0.324. The molecule has 16 heavy (non-hydrogen) atoms. The Morgan fingerprint density at radius 2 is 1.50 bits per heavy atom. The highest BCUT2D eigenvalue weighted by Gasteiger charge is 2.40. The third-order valence-corrected chi connectivity index (χ3v) is 3.98. The number of rotatable bonds is 8. The van der Waals surface area contributed by atoms with Crippen molar-refractivity contribution >= 4 is 0 Å². The molecule has 1 aliphatic rings. The van der Waals surface area contributed by atoms with Crippen LogP contribution in [0.4, 0.5) is 0 Å². The van der Waals surface area contributed by atoms with Gasteiger partial charge in [-0.1, -0.05) is 34.6 Å². The molecule has 96 valence electrons. The Hall–Kier alpha value is -0.0400. The first-order valence-electron chi connectivity index (χ1n) is 7.21. The van der Waals surface area contributed by atoms with Gasteiger partial charge in [-0.2, -0.15) is 0 Å². The largest absolute Gasteiger partial charge is 0.313 e. The summed E-state index contributed by atoms with van der Waals surface area (Å²) in [5.74, 6) is 1.63. The molecule has 0 spiro atoms. The number of nitrogens with one attached hydrogen (secondary N) is 1. The average molecular weight is 225 g/mol. The Kier molecular flexibility index (Phi) is 5.30. The van der Waals surface area contributed by atoms with Gasteiger partial charge in [-0.25, -0.2) is 0 Å². The summed E-state index contributed by atoms with van der Waals surface area (Å²) in [4.78, 5) is 0. The molecular weight excluding hydrogens is 194 g/mol. The SMILES string of the molecule is CCC1(CNC(CC(C)C)CC(C)C)CC1. The fourth-order valence-electron chi connectivity index (χ4n) is 2.59. The molecule has 0 aromatic heterocycles. The van der Waals surface area contributed by atoms with Crippen molar-refractivity contribution in [3.63, 3.8) is 0 Å². The van der Waals surface area contributed by atoms with Crippen molar-refractivity contribution in [3.05, 3.63) is 0 Å². The summed E-state index contributed by atoms with van der Waals surface area (Å²) >= 11 is 0. The van der Waals surface area contributed by atoms with Crippen molar-refractivity contribution in [3.8, 4) is 0 Å². The Morgan fingerprint density at radius 1 is 1.00 bits per heavy atom.